The van der Waals surface area contributed by atoms with Gasteiger partial charge in [0, 0.05) is 24.4 Å². The van der Waals surface area contributed by atoms with Crippen LogP contribution in [0.25, 0.3) is 0 Å². The van der Waals surface area contributed by atoms with Gasteiger partial charge in [-0.1, -0.05) is 73.5 Å². The zero-order valence-electron chi connectivity index (χ0n) is 20.0. The van der Waals surface area contributed by atoms with Crippen molar-refractivity contribution in [2.45, 2.75) is 69.1 Å². The molecule has 0 amide bonds. The predicted octanol–water partition coefficient (Wildman–Crippen LogP) is 4.89. The van der Waals surface area contributed by atoms with E-state index < -0.39 is 0 Å². The number of nitrogens with zero attached hydrogens (tertiary/aromatic N) is 3. The summed E-state index contributed by atoms with van der Waals surface area (Å²) in [6.07, 6.45) is 6.70. The smallest absolute Gasteiger partial charge is 0.226 e. The lowest BCUT2D eigenvalue weighted by atomic mass is 10.0. The van der Waals surface area contributed by atoms with Gasteiger partial charge >= 0.3 is 0 Å². The second-order valence-electron chi connectivity index (χ2n) is 9.87. The molecule has 2 aromatic carbocycles. The lowest BCUT2D eigenvalue weighted by molar-refractivity contribution is -0.0390. The highest BCUT2D eigenvalue weighted by atomic mass is 16.6. The normalized spacial score (nSPS) is 26.2. The molecule has 2 aliphatic heterocycles. The number of rotatable bonds is 8. The maximum atomic E-state index is 6.31. The number of ether oxygens (including phenoxy) is 3. The van der Waals surface area contributed by atoms with Gasteiger partial charge in [0.05, 0.1) is 25.9 Å². The highest BCUT2D eigenvalue weighted by molar-refractivity contribution is 5.37. The number of aromatic nitrogens is 2. The second kappa shape index (κ2) is 10.4. The van der Waals surface area contributed by atoms with Gasteiger partial charge in [-0.25, -0.2) is 9.97 Å². The van der Waals surface area contributed by atoms with Crippen molar-refractivity contribution >= 4 is 5.95 Å². The van der Waals surface area contributed by atoms with Crippen LogP contribution < -0.4 is 4.90 Å². The van der Waals surface area contributed by atoms with Gasteiger partial charge in [0.25, 0.3) is 0 Å². The standard InChI is InChI=1S/C29H33N3O3/c1-3-9-21(10-4-1)17-32(29-30-16-15-24(31-29)23-13-7-8-14-23)25-19-34-28-26(20-35-27(25)28)33-18-22-11-5-2-6-12-22/h1-6,9-12,15-16,23,25-28H,7-8,13-14,17-20H2/t25-,26+,27+,28+/m0/s1. The van der Waals surface area contributed by atoms with Crippen molar-refractivity contribution < 1.29 is 14.2 Å². The minimum Gasteiger partial charge on any atom is -0.370 e. The Labute approximate surface area is 207 Å². The Morgan fingerprint density at radius 3 is 2.31 bits per heavy atom. The van der Waals surface area contributed by atoms with Crippen LogP contribution in [-0.4, -0.2) is 47.5 Å². The third kappa shape index (κ3) is 4.96. The molecule has 3 aromatic rings. The van der Waals surface area contributed by atoms with Crippen molar-refractivity contribution in [2.75, 3.05) is 18.1 Å². The molecule has 6 nitrogen and oxygen atoms in total. The fraction of sp³-hybridized carbons (Fsp3) is 0.448. The summed E-state index contributed by atoms with van der Waals surface area (Å²) in [7, 11) is 0. The van der Waals surface area contributed by atoms with Crippen LogP contribution in [-0.2, 0) is 27.4 Å². The zero-order chi connectivity index (χ0) is 23.5. The van der Waals surface area contributed by atoms with E-state index in [2.05, 4.69) is 53.4 Å². The Hall–Kier alpha value is -2.80. The number of anilines is 1. The molecule has 0 radical (unpaired) electrons. The molecule has 6 rings (SSSR count). The van der Waals surface area contributed by atoms with Gasteiger partial charge in [0.15, 0.2) is 0 Å². The highest BCUT2D eigenvalue weighted by Crippen LogP contribution is 2.36. The van der Waals surface area contributed by atoms with Crippen LogP contribution in [0.1, 0.15) is 48.4 Å². The number of hydrogen-bond donors (Lipinski definition) is 0. The van der Waals surface area contributed by atoms with E-state index in [1.54, 1.807) is 0 Å². The monoisotopic (exact) mass is 471 g/mol. The molecule has 1 saturated carbocycles. The summed E-state index contributed by atoms with van der Waals surface area (Å²) >= 11 is 0. The molecule has 0 unspecified atom stereocenters. The maximum Gasteiger partial charge on any atom is 0.226 e. The van der Waals surface area contributed by atoms with Gasteiger partial charge in [-0.15, -0.1) is 0 Å². The number of fused-ring (bicyclic) bond motifs is 1. The Kier molecular flexibility index (Phi) is 6.76. The average Bonchev–Trinajstić information content (AvgIpc) is 3.67. The molecule has 6 heteroatoms. The third-order valence-corrected chi connectivity index (χ3v) is 7.58. The first-order chi connectivity index (χ1) is 17.3. The molecule has 35 heavy (non-hydrogen) atoms. The van der Waals surface area contributed by atoms with Crippen molar-refractivity contribution in [3.05, 3.63) is 89.7 Å². The number of benzene rings is 2. The molecule has 0 spiro atoms. The summed E-state index contributed by atoms with van der Waals surface area (Å²) < 4.78 is 18.9. The van der Waals surface area contributed by atoms with Crippen LogP contribution in [0.2, 0.25) is 0 Å². The van der Waals surface area contributed by atoms with Gasteiger partial charge < -0.3 is 19.1 Å². The van der Waals surface area contributed by atoms with Crippen molar-refractivity contribution in [3.63, 3.8) is 0 Å². The van der Waals surface area contributed by atoms with E-state index in [1.165, 1.54) is 31.2 Å². The molecule has 3 fully saturated rings. The van der Waals surface area contributed by atoms with Gasteiger partial charge in [0.2, 0.25) is 5.95 Å². The van der Waals surface area contributed by atoms with Crippen LogP contribution in [0.5, 0.6) is 0 Å². The molecule has 2 saturated heterocycles. The van der Waals surface area contributed by atoms with E-state index in [9.17, 15) is 0 Å². The van der Waals surface area contributed by atoms with Crippen LogP contribution in [0, 0.1) is 0 Å². The van der Waals surface area contributed by atoms with E-state index in [1.807, 2.05) is 24.4 Å². The van der Waals surface area contributed by atoms with Gasteiger partial charge in [-0.3, -0.25) is 0 Å². The molecule has 0 N–H and O–H groups in total. The first kappa shape index (κ1) is 22.7. The highest BCUT2D eigenvalue weighted by Gasteiger charge is 2.50. The van der Waals surface area contributed by atoms with E-state index >= 15 is 0 Å². The first-order valence-corrected chi connectivity index (χ1v) is 12.9. The summed E-state index contributed by atoms with van der Waals surface area (Å²) in [5, 5.41) is 0. The van der Waals surface area contributed by atoms with Crippen molar-refractivity contribution in [1.82, 2.24) is 9.97 Å². The SMILES string of the molecule is c1ccc(CO[C@@H]2CO[C@H]3[C@@H]2OC[C@@H]3N(Cc2ccccc2)c2nccc(C3CCCC3)n2)cc1. The fourth-order valence-corrected chi connectivity index (χ4v) is 5.70. The zero-order valence-corrected chi connectivity index (χ0v) is 20.0. The van der Waals surface area contributed by atoms with Crippen LogP contribution in [0.4, 0.5) is 5.95 Å². The van der Waals surface area contributed by atoms with Crippen LogP contribution in [0.15, 0.2) is 72.9 Å². The molecule has 3 heterocycles. The van der Waals surface area contributed by atoms with Crippen molar-refractivity contribution in [3.8, 4) is 0 Å². The Bertz CT molecular complexity index is 1090. The summed E-state index contributed by atoms with van der Waals surface area (Å²) in [6, 6.07) is 22.9. The topological polar surface area (TPSA) is 56.7 Å². The molecule has 4 atom stereocenters. The largest absolute Gasteiger partial charge is 0.370 e. The lowest BCUT2D eigenvalue weighted by Crippen LogP contribution is -2.45. The first-order valence-electron chi connectivity index (χ1n) is 12.9. The van der Waals surface area contributed by atoms with Gasteiger partial charge in [0.1, 0.15) is 18.3 Å². The van der Waals surface area contributed by atoms with E-state index in [4.69, 9.17) is 24.2 Å². The maximum absolute atomic E-state index is 6.31. The minimum atomic E-state index is -0.0833. The minimum absolute atomic E-state index is 0.0318. The van der Waals surface area contributed by atoms with Crippen molar-refractivity contribution in [2.24, 2.45) is 0 Å². The third-order valence-electron chi connectivity index (χ3n) is 7.58. The second-order valence-corrected chi connectivity index (χ2v) is 9.87. The van der Waals surface area contributed by atoms with E-state index in [0.717, 1.165) is 17.2 Å². The molecule has 182 valence electrons. The molecular weight excluding hydrogens is 438 g/mol. The molecule has 1 aliphatic carbocycles. The quantitative estimate of drug-likeness (QED) is 0.466. The Morgan fingerprint density at radius 1 is 0.829 bits per heavy atom. The van der Waals surface area contributed by atoms with Crippen LogP contribution >= 0.6 is 0 Å². The Balaban J connectivity index is 1.22. The molecule has 0 bridgehead atoms. The van der Waals surface area contributed by atoms with Gasteiger partial charge in [-0.2, -0.15) is 0 Å². The van der Waals surface area contributed by atoms with E-state index in [0.29, 0.717) is 32.3 Å². The van der Waals surface area contributed by atoms with Crippen LogP contribution in [0.3, 0.4) is 0 Å². The van der Waals surface area contributed by atoms with Crippen molar-refractivity contribution in [1.29, 1.82) is 0 Å². The number of hydrogen-bond acceptors (Lipinski definition) is 6. The molecule has 1 aromatic heterocycles. The molecule has 3 aliphatic rings. The summed E-state index contributed by atoms with van der Waals surface area (Å²) in [5.74, 6) is 1.31. The molecular formula is C29H33N3O3. The summed E-state index contributed by atoms with van der Waals surface area (Å²) in [4.78, 5) is 12.1. The summed E-state index contributed by atoms with van der Waals surface area (Å²) in [5.41, 5.74) is 3.55. The Morgan fingerprint density at radius 2 is 1.54 bits per heavy atom. The van der Waals surface area contributed by atoms with Gasteiger partial charge in [-0.05, 0) is 30.0 Å². The van der Waals surface area contributed by atoms with E-state index in [-0.39, 0.29) is 24.4 Å². The average molecular weight is 472 g/mol. The predicted molar refractivity (Wildman–Crippen MR) is 134 cm³/mol. The summed E-state index contributed by atoms with van der Waals surface area (Å²) in [6.45, 7) is 2.39. The fourth-order valence-electron chi connectivity index (χ4n) is 5.70. The lowest BCUT2D eigenvalue weighted by Gasteiger charge is -2.31.